The van der Waals surface area contributed by atoms with E-state index in [2.05, 4.69) is 26.6 Å². The van der Waals surface area contributed by atoms with Crippen molar-refractivity contribution in [3.8, 4) is 5.75 Å². The van der Waals surface area contributed by atoms with Crippen molar-refractivity contribution in [3.05, 3.63) is 28.2 Å². The van der Waals surface area contributed by atoms with Crippen LogP contribution < -0.4 is 15.4 Å². The Hall–Kier alpha value is -1.14. The van der Waals surface area contributed by atoms with E-state index in [9.17, 15) is 4.79 Å². The smallest absolute Gasteiger partial charge is 0.257 e. The summed E-state index contributed by atoms with van der Waals surface area (Å²) in [6.45, 7) is 3.89. The SMILES string of the molecule is CNC(=S)NC(=O)c1ccc(OC(C)C)c(Br)c1. The van der Waals surface area contributed by atoms with Gasteiger partial charge in [-0.25, -0.2) is 0 Å². The maximum absolute atomic E-state index is 11.8. The molecule has 1 rings (SSSR count). The number of carbonyl (C=O) groups excluding carboxylic acids is 1. The Morgan fingerprint density at radius 3 is 2.61 bits per heavy atom. The third-order valence-corrected chi connectivity index (χ3v) is 2.94. The number of nitrogens with one attached hydrogen (secondary N) is 2. The van der Waals surface area contributed by atoms with E-state index < -0.39 is 0 Å². The van der Waals surface area contributed by atoms with E-state index in [0.29, 0.717) is 16.4 Å². The second-order valence-electron chi connectivity index (χ2n) is 3.85. The topological polar surface area (TPSA) is 50.4 Å². The van der Waals surface area contributed by atoms with E-state index in [1.54, 1.807) is 25.2 Å². The van der Waals surface area contributed by atoms with Gasteiger partial charge in [-0.15, -0.1) is 0 Å². The molecular formula is C12H15BrN2O2S. The van der Waals surface area contributed by atoms with Gasteiger partial charge in [-0.3, -0.25) is 10.1 Å². The maximum atomic E-state index is 11.8. The lowest BCUT2D eigenvalue weighted by atomic mass is 10.2. The van der Waals surface area contributed by atoms with Crippen LogP contribution in [0.3, 0.4) is 0 Å². The molecule has 0 aliphatic heterocycles. The number of amides is 1. The third-order valence-electron chi connectivity index (χ3n) is 2.01. The summed E-state index contributed by atoms with van der Waals surface area (Å²) in [5.74, 6) is 0.448. The van der Waals surface area contributed by atoms with E-state index in [4.69, 9.17) is 17.0 Å². The molecule has 0 bridgehead atoms. The fraction of sp³-hybridized carbons (Fsp3) is 0.333. The molecule has 0 saturated carbocycles. The highest BCUT2D eigenvalue weighted by Crippen LogP contribution is 2.26. The first-order valence-electron chi connectivity index (χ1n) is 5.43. The summed E-state index contributed by atoms with van der Waals surface area (Å²) in [7, 11) is 1.65. The number of ether oxygens (including phenoxy) is 1. The summed E-state index contributed by atoms with van der Waals surface area (Å²) in [5, 5.41) is 5.52. The molecule has 1 aromatic rings. The second-order valence-corrected chi connectivity index (χ2v) is 5.11. The Bertz CT molecular complexity index is 463. The summed E-state index contributed by atoms with van der Waals surface area (Å²) in [6.07, 6.45) is 0.0813. The number of halogens is 1. The van der Waals surface area contributed by atoms with Gasteiger partial charge >= 0.3 is 0 Å². The average molecular weight is 331 g/mol. The van der Waals surface area contributed by atoms with Crippen LogP contribution in [0, 0.1) is 0 Å². The van der Waals surface area contributed by atoms with Crippen molar-refractivity contribution in [3.63, 3.8) is 0 Å². The van der Waals surface area contributed by atoms with Crippen molar-refractivity contribution < 1.29 is 9.53 Å². The minimum absolute atomic E-state index is 0.0813. The van der Waals surface area contributed by atoms with Gasteiger partial charge < -0.3 is 10.1 Å². The number of hydrogen-bond donors (Lipinski definition) is 2. The molecule has 0 saturated heterocycles. The van der Waals surface area contributed by atoms with Crippen LogP contribution in [0.4, 0.5) is 0 Å². The quantitative estimate of drug-likeness (QED) is 0.836. The molecule has 0 spiro atoms. The average Bonchev–Trinajstić information content (AvgIpc) is 2.30. The molecule has 0 aromatic heterocycles. The maximum Gasteiger partial charge on any atom is 0.257 e. The van der Waals surface area contributed by atoms with Crippen molar-refractivity contribution in [2.75, 3.05) is 7.05 Å². The molecule has 0 aliphatic rings. The summed E-state index contributed by atoms with van der Waals surface area (Å²) >= 11 is 8.24. The zero-order chi connectivity index (χ0) is 13.7. The van der Waals surface area contributed by atoms with Crippen LogP contribution in [0.1, 0.15) is 24.2 Å². The van der Waals surface area contributed by atoms with Crippen molar-refractivity contribution in [1.29, 1.82) is 0 Å². The van der Waals surface area contributed by atoms with Gasteiger partial charge in [0.05, 0.1) is 10.6 Å². The highest BCUT2D eigenvalue weighted by molar-refractivity contribution is 9.10. The zero-order valence-electron chi connectivity index (χ0n) is 10.4. The van der Waals surface area contributed by atoms with Crippen LogP contribution in [-0.2, 0) is 0 Å². The minimum atomic E-state index is -0.258. The molecule has 1 amide bonds. The Kier molecular flexibility index (Phi) is 5.55. The Morgan fingerprint density at radius 1 is 1.44 bits per heavy atom. The summed E-state index contributed by atoms with van der Waals surface area (Å²) in [6, 6.07) is 5.14. The summed E-state index contributed by atoms with van der Waals surface area (Å²) < 4.78 is 6.30. The molecule has 2 N–H and O–H groups in total. The number of hydrogen-bond acceptors (Lipinski definition) is 3. The van der Waals surface area contributed by atoms with Crippen LogP contribution in [-0.4, -0.2) is 24.2 Å². The van der Waals surface area contributed by atoms with Crippen LogP contribution in [0.5, 0.6) is 5.75 Å². The van der Waals surface area contributed by atoms with Gasteiger partial charge in [-0.05, 0) is 60.2 Å². The Balaban J connectivity index is 2.83. The van der Waals surface area contributed by atoms with Gasteiger partial charge in [0.25, 0.3) is 5.91 Å². The molecule has 1 aromatic carbocycles. The van der Waals surface area contributed by atoms with E-state index in [-0.39, 0.29) is 12.0 Å². The number of rotatable bonds is 3. The monoisotopic (exact) mass is 330 g/mol. The molecule has 4 nitrogen and oxygen atoms in total. The predicted molar refractivity (Wildman–Crippen MR) is 79.0 cm³/mol. The molecule has 0 aliphatic carbocycles. The normalized spacial score (nSPS) is 10.1. The van der Waals surface area contributed by atoms with E-state index >= 15 is 0 Å². The van der Waals surface area contributed by atoms with E-state index in [1.807, 2.05) is 13.8 Å². The fourth-order valence-corrected chi connectivity index (χ4v) is 1.79. The standard InChI is InChI=1S/C12H15BrN2O2S/c1-7(2)17-10-5-4-8(6-9(10)13)11(16)15-12(18)14-3/h4-7H,1-3H3,(H2,14,15,16,18). The van der Waals surface area contributed by atoms with Crippen LogP contribution in [0.2, 0.25) is 0 Å². The van der Waals surface area contributed by atoms with Gasteiger partial charge in [-0.1, -0.05) is 0 Å². The number of benzene rings is 1. The lowest BCUT2D eigenvalue weighted by Crippen LogP contribution is -2.37. The molecule has 0 fully saturated rings. The van der Waals surface area contributed by atoms with Crippen molar-refractivity contribution in [2.24, 2.45) is 0 Å². The van der Waals surface area contributed by atoms with Crippen LogP contribution in [0.15, 0.2) is 22.7 Å². The van der Waals surface area contributed by atoms with Crippen LogP contribution in [0.25, 0.3) is 0 Å². The molecule has 0 unspecified atom stereocenters. The molecule has 0 atom stereocenters. The zero-order valence-corrected chi connectivity index (χ0v) is 12.8. The highest BCUT2D eigenvalue weighted by atomic mass is 79.9. The van der Waals surface area contributed by atoms with Gasteiger partial charge in [0.15, 0.2) is 5.11 Å². The minimum Gasteiger partial charge on any atom is -0.490 e. The molecule has 0 heterocycles. The van der Waals surface area contributed by atoms with Gasteiger partial charge in [0, 0.05) is 12.6 Å². The lowest BCUT2D eigenvalue weighted by molar-refractivity contribution is 0.0976. The highest BCUT2D eigenvalue weighted by Gasteiger charge is 2.10. The van der Waals surface area contributed by atoms with Crippen molar-refractivity contribution in [2.45, 2.75) is 20.0 Å². The molecule has 6 heteroatoms. The van der Waals surface area contributed by atoms with Crippen molar-refractivity contribution in [1.82, 2.24) is 10.6 Å². The summed E-state index contributed by atoms with van der Waals surface area (Å²) in [4.78, 5) is 11.8. The summed E-state index contributed by atoms with van der Waals surface area (Å²) in [5.41, 5.74) is 0.510. The molecular weight excluding hydrogens is 316 g/mol. The van der Waals surface area contributed by atoms with Crippen LogP contribution >= 0.6 is 28.1 Å². The van der Waals surface area contributed by atoms with E-state index in [0.717, 1.165) is 4.47 Å². The van der Waals surface area contributed by atoms with Gasteiger partial charge in [0.1, 0.15) is 5.75 Å². The molecule has 98 valence electrons. The predicted octanol–water partition coefficient (Wildman–Crippen LogP) is 2.47. The Labute approximate surface area is 120 Å². The lowest BCUT2D eigenvalue weighted by Gasteiger charge is -2.12. The van der Waals surface area contributed by atoms with Gasteiger partial charge in [0.2, 0.25) is 0 Å². The third kappa shape index (κ3) is 4.27. The first-order chi connectivity index (χ1) is 8.43. The first kappa shape index (κ1) is 14.9. The molecule has 0 radical (unpaired) electrons. The van der Waals surface area contributed by atoms with E-state index in [1.165, 1.54) is 0 Å². The van der Waals surface area contributed by atoms with Crippen molar-refractivity contribution >= 4 is 39.2 Å². The fourth-order valence-electron chi connectivity index (χ4n) is 1.23. The first-order valence-corrected chi connectivity index (χ1v) is 6.63. The second kappa shape index (κ2) is 6.70. The number of thiocarbonyl (C=S) groups is 1. The largest absolute Gasteiger partial charge is 0.490 e. The molecule has 18 heavy (non-hydrogen) atoms. The number of carbonyl (C=O) groups is 1. The van der Waals surface area contributed by atoms with Gasteiger partial charge in [-0.2, -0.15) is 0 Å². The Morgan fingerprint density at radius 2 is 2.11 bits per heavy atom.